The Balaban J connectivity index is 1.46. The van der Waals surface area contributed by atoms with Gasteiger partial charge in [0.25, 0.3) is 0 Å². The summed E-state index contributed by atoms with van der Waals surface area (Å²) >= 11 is 0. The number of Topliss-reactive ketones (excluding diaryl/α,β-unsaturated/α-hetero) is 1. The largest absolute Gasteiger partial charge is 0.492 e. The zero-order chi connectivity index (χ0) is 21.2. The first-order valence-corrected chi connectivity index (χ1v) is 11.1. The van der Waals surface area contributed by atoms with Crippen molar-refractivity contribution in [2.75, 3.05) is 26.2 Å². The number of likely N-dealkylation sites (tertiary alicyclic amines) is 1. The highest BCUT2D eigenvalue weighted by Gasteiger charge is 2.09. The molecule has 0 aromatic heterocycles. The molecule has 1 unspecified atom stereocenters. The Morgan fingerprint density at radius 3 is 2.17 bits per heavy atom. The molecule has 0 N–H and O–H groups in total. The molecule has 2 aromatic carbocycles. The van der Waals surface area contributed by atoms with Crippen molar-refractivity contribution in [1.82, 2.24) is 4.90 Å². The average molecular weight is 404 g/mol. The number of rotatable bonds is 8. The molecule has 1 saturated heterocycles. The van der Waals surface area contributed by atoms with E-state index in [4.69, 9.17) is 4.74 Å². The van der Waals surface area contributed by atoms with Crippen LogP contribution in [0.4, 0.5) is 0 Å². The highest BCUT2D eigenvalue weighted by Crippen LogP contribution is 2.15. The van der Waals surface area contributed by atoms with Gasteiger partial charge in [-0.2, -0.15) is 0 Å². The Morgan fingerprint density at radius 1 is 0.967 bits per heavy atom. The Bertz CT molecular complexity index is 852. The summed E-state index contributed by atoms with van der Waals surface area (Å²) in [7, 11) is 0. The summed E-state index contributed by atoms with van der Waals surface area (Å²) < 4.78 is 5.88. The molecule has 1 atom stereocenters. The monoisotopic (exact) mass is 403 g/mol. The van der Waals surface area contributed by atoms with Crippen molar-refractivity contribution in [1.29, 1.82) is 0 Å². The highest BCUT2D eigenvalue weighted by molar-refractivity contribution is 5.75. The van der Waals surface area contributed by atoms with E-state index in [1.54, 1.807) is 6.92 Å². The van der Waals surface area contributed by atoms with Crippen LogP contribution < -0.4 is 4.74 Å². The van der Waals surface area contributed by atoms with Crippen molar-refractivity contribution < 1.29 is 9.53 Å². The first-order valence-electron chi connectivity index (χ1n) is 11.1. The average Bonchev–Trinajstić information content (AvgIpc) is 2.74. The maximum Gasteiger partial charge on any atom is 0.130 e. The number of benzene rings is 2. The van der Waals surface area contributed by atoms with E-state index in [1.165, 1.54) is 37.9 Å². The number of ketones is 1. The van der Waals surface area contributed by atoms with Crippen LogP contribution in [0.25, 0.3) is 0 Å². The van der Waals surface area contributed by atoms with Gasteiger partial charge >= 0.3 is 0 Å². The third-order valence-corrected chi connectivity index (χ3v) is 5.50. The van der Waals surface area contributed by atoms with E-state index in [9.17, 15) is 4.79 Å². The van der Waals surface area contributed by atoms with Crippen LogP contribution in [0.1, 0.15) is 56.2 Å². The number of ether oxygens (including phenoxy) is 1. The van der Waals surface area contributed by atoms with Crippen LogP contribution in [-0.2, 0) is 11.2 Å². The van der Waals surface area contributed by atoms with Crippen LogP contribution in [0.15, 0.2) is 48.5 Å². The minimum Gasteiger partial charge on any atom is -0.492 e. The van der Waals surface area contributed by atoms with E-state index >= 15 is 0 Å². The van der Waals surface area contributed by atoms with Gasteiger partial charge in [-0.3, -0.25) is 4.90 Å². The number of carbonyl (C=O) groups excluding carboxylic acids is 1. The molecule has 1 heterocycles. The van der Waals surface area contributed by atoms with Gasteiger partial charge < -0.3 is 9.53 Å². The van der Waals surface area contributed by atoms with Gasteiger partial charge in [0.05, 0.1) is 0 Å². The first kappa shape index (κ1) is 22.1. The molecule has 3 nitrogen and oxygen atoms in total. The molecule has 0 bridgehead atoms. The van der Waals surface area contributed by atoms with Gasteiger partial charge in [-0.05, 0) is 87.2 Å². The second-order valence-electron chi connectivity index (χ2n) is 8.44. The molecular weight excluding hydrogens is 370 g/mol. The first-order chi connectivity index (χ1) is 14.6. The van der Waals surface area contributed by atoms with Crippen molar-refractivity contribution in [3.05, 3.63) is 65.2 Å². The standard InChI is InChI=1S/C27H33NO2/c1-22(20-23(2)29)21-26-10-8-24(9-11-26)6-7-25-12-14-27(15-13-25)30-19-18-28-16-4-3-5-17-28/h8-15,22H,3-5,16-21H2,1-2H3. The fourth-order valence-corrected chi connectivity index (χ4v) is 3.94. The molecule has 1 fully saturated rings. The molecule has 3 rings (SSSR count). The van der Waals surface area contributed by atoms with Crippen LogP contribution >= 0.6 is 0 Å². The van der Waals surface area contributed by atoms with E-state index in [2.05, 4.69) is 47.9 Å². The maximum absolute atomic E-state index is 11.2. The fraction of sp³-hybridized carbons (Fsp3) is 0.444. The molecule has 0 aliphatic carbocycles. The number of hydrogen-bond donors (Lipinski definition) is 0. The molecule has 2 aromatic rings. The van der Waals surface area contributed by atoms with E-state index in [0.29, 0.717) is 12.3 Å². The van der Waals surface area contributed by atoms with Crippen molar-refractivity contribution in [3.63, 3.8) is 0 Å². The van der Waals surface area contributed by atoms with Gasteiger partial charge in [-0.25, -0.2) is 0 Å². The van der Waals surface area contributed by atoms with Crippen molar-refractivity contribution in [2.24, 2.45) is 5.92 Å². The van der Waals surface area contributed by atoms with Gasteiger partial charge in [0.1, 0.15) is 18.1 Å². The zero-order valence-corrected chi connectivity index (χ0v) is 18.3. The molecule has 1 aliphatic heterocycles. The van der Waals surface area contributed by atoms with Crippen LogP contribution in [0.3, 0.4) is 0 Å². The van der Waals surface area contributed by atoms with Crippen molar-refractivity contribution in [3.8, 4) is 17.6 Å². The normalized spacial score (nSPS) is 15.1. The summed E-state index contributed by atoms with van der Waals surface area (Å²) in [5.41, 5.74) is 3.23. The molecule has 158 valence electrons. The summed E-state index contributed by atoms with van der Waals surface area (Å²) in [6.45, 7) is 7.93. The molecule has 0 spiro atoms. The second kappa shape index (κ2) is 11.6. The Hall–Kier alpha value is -2.57. The van der Waals surface area contributed by atoms with Crippen molar-refractivity contribution >= 4 is 5.78 Å². The smallest absolute Gasteiger partial charge is 0.130 e. The lowest BCUT2D eigenvalue weighted by atomic mass is 9.96. The highest BCUT2D eigenvalue weighted by atomic mass is 16.5. The quantitative estimate of drug-likeness (QED) is 0.574. The van der Waals surface area contributed by atoms with E-state index in [-0.39, 0.29) is 5.78 Å². The summed E-state index contributed by atoms with van der Waals surface area (Å²) in [5.74, 6) is 7.98. The van der Waals surface area contributed by atoms with Gasteiger partial charge in [-0.1, -0.05) is 37.3 Å². The number of hydrogen-bond acceptors (Lipinski definition) is 3. The summed E-state index contributed by atoms with van der Waals surface area (Å²) in [6, 6.07) is 16.4. The predicted molar refractivity (Wildman–Crippen MR) is 123 cm³/mol. The van der Waals surface area contributed by atoms with E-state index in [1.807, 2.05) is 24.3 Å². The minimum absolute atomic E-state index is 0.253. The summed E-state index contributed by atoms with van der Waals surface area (Å²) in [4.78, 5) is 13.7. The predicted octanol–water partition coefficient (Wildman–Crippen LogP) is 5.11. The molecule has 0 amide bonds. The number of piperidine rings is 1. The Kier molecular flexibility index (Phi) is 8.53. The zero-order valence-electron chi connectivity index (χ0n) is 18.3. The summed E-state index contributed by atoms with van der Waals surface area (Å²) in [5, 5.41) is 0. The SMILES string of the molecule is CC(=O)CC(C)Cc1ccc(C#Cc2ccc(OCCN3CCCCC3)cc2)cc1. The molecular formula is C27H33NO2. The third-order valence-electron chi connectivity index (χ3n) is 5.50. The topological polar surface area (TPSA) is 29.5 Å². The van der Waals surface area contributed by atoms with E-state index in [0.717, 1.165) is 36.4 Å². The molecule has 30 heavy (non-hydrogen) atoms. The summed E-state index contributed by atoms with van der Waals surface area (Å²) in [6.07, 6.45) is 5.56. The van der Waals surface area contributed by atoms with Crippen LogP contribution in [0, 0.1) is 17.8 Å². The number of nitrogens with zero attached hydrogens (tertiary/aromatic N) is 1. The number of carbonyl (C=O) groups is 1. The van der Waals surface area contributed by atoms with Gasteiger partial charge in [0, 0.05) is 24.1 Å². The van der Waals surface area contributed by atoms with Gasteiger partial charge in [0.15, 0.2) is 0 Å². The van der Waals surface area contributed by atoms with E-state index < -0.39 is 0 Å². The maximum atomic E-state index is 11.2. The molecule has 3 heteroatoms. The van der Waals surface area contributed by atoms with Crippen LogP contribution in [0.2, 0.25) is 0 Å². The van der Waals surface area contributed by atoms with Gasteiger partial charge in [0.2, 0.25) is 0 Å². The Morgan fingerprint density at radius 2 is 1.57 bits per heavy atom. The van der Waals surface area contributed by atoms with Crippen LogP contribution in [0.5, 0.6) is 5.75 Å². The minimum atomic E-state index is 0.253. The second-order valence-corrected chi connectivity index (χ2v) is 8.44. The Labute approximate surface area is 181 Å². The van der Waals surface area contributed by atoms with Gasteiger partial charge in [-0.15, -0.1) is 0 Å². The lowest BCUT2D eigenvalue weighted by Gasteiger charge is -2.26. The third kappa shape index (κ3) is 7.69. The molecule has 1 aliphatic rings. The lowest BCUT2D eigenvalue weighted by molar-refractivity contribution is -0.117. The van der Waals surface area contributed by atoms with Crippen molar-refractivity contribution in [2.45, 2.75) is 46.0 Å². The fourth-order valence-electron chi connectivity index (χ4n) is 3.94. The van der Waals surface area contributed by atoms with Crippen LogP contribution in [-0.4, -0.2) is 36.9 Å². The molecule has 0 radical (unpaired) electrons. The molecule has 0 saturated carbocycles. The lowest BCUT2D eigenvalue weighted by Crippen LogP contribution is -2.33.